The summed E-state index contributed by atoms with van der Waals surface area (Å²) in [6.07, 6.45) is 1.43. The van der Waals surface area contributed by atoms with E-state index in [4.69, 9.17) is 10.5 Å². The highest BCUT2D eigenvalue weighted by Crippen LogP contribution is 2.32. The summed E-state index contributed by atoms with van der Waals surface area (Å²) < 4.78 is 62.4. The third-order valence-corrected chi connectivity index (χ3v) is 8.31. The van der Waals surface area contributed by atoms with Crippen LogP contribution in [-0.2, 0) is 10.0 Å². The van der Waals surface area contributed by atoms with E-state index in [1.54, 1.807) is 24.3 Å². The number of anilines is 2. The molecule has 6 aromatic rings. The molecule has 0 amide bonds. The molecule has 44 heavy (non-hydrogen) atoms. The van der Waals surface area contributed by atoms with E-state index < -0.39 is 32.1 Å². The second-order valence-corrected chi connectivity index (χ2v) is 11.4. The van der Waals surface area contributed by atoms with Crippen molar-refractivity contribution >= 4 is 32.6 Å². The Bertz CT molecular complexity index is 2230. The summed E-state index contributed by atoms with van der Waals surface area (Å²) >= 11 is 0. The maximum Gasteiger partial charge on any atom is 0.267 e. The van der Waals surface area contributed by atoms with Crippen LogP contribution in [0.3, 0.4) is 0 Å². The lowest BCUT2D eigenvalue weighted by molar-refractivity contribution is 0.400. The molecule has 2 aromatic heterocycles. The van der Waals surface area contributed by atoms with Crippen LogP contribution < -0.4 is 20.8 Å². The minimum absolute atomic E-state index is 0.0105. The summed E-state index contributed by atoms with van der Waals surface area (Å²) in [6.45, 7) is 0. The molecule has 9 nitrogen and oxygen atoms in total. The number of rotatable bonds is 7. The number of nitrogens with zero attached hydrogens (tertiary/aromatic N) is 3. The van der Waals surface area contributed by atoms with E-state index in [0.717, 1.165) is 23.3 Å². The highest BCUT2D eigenvalue weighted by Gasteiger charge is 2.22. The number of nitrogens with two attached hydrogens (primary N) is 1. The molecule has 4 aromatic carbocycles. The number of halogens is 2. The number of hydrogen-bond acceptors (Lipinski definition) is 7. The van der Waals surface area contributed by atoms with Crippen molar-refractivity contribution in [3.8, 4) is 33.8 Å². The molecule has 0 aliphatic heterocycles. The van der Waals surface area contributed by atoms with Gasteiger partial charge in [-0.15, -0.1) is 0 Å². The number of sulfonamides is 1. The van der Waals surface area contributed by atoms with Gasteiger partial charge in [-0.1, -0.05) is 48.5 Å². The maximum absolute atomic E-state index is 14.3. The fourth-order valence-corrected chi connectivity index (χ4v) is 5.93. The SMILES string of the molecule is COc1ncc(-c2ccc3nc(N)n(-c4cccc(-c5ccccc5)c4)c(=O)c3c2)cc1NS(=O)(=O)c1ccc(F)cc1F. The molecule has 0 fully saturated rings. The number of benzene rings is 4. The molecular formula is C32H23F2N5O4S. The third kappa shape index (κ3) is 5.34. The van der Waals surface area contributed by atoms with Crippen molar-refractivity contribution in [1.29, 1.82) is 0 Å². The molecule has 0 spiro atoms. The second-order valence-electron chi connectivity index (χ2n) is 9.72. The van der Waals surface area contributed by atoms with E-state index in [-0.39, 0.29) is 22.9 Å². The highest BCUT2D eigenvalue weighted by molar-refractivity contribution is 7.92. The number of ether oxygens (including phenoxy) is 1. The van der Waals surface area contributed by atoms with Gasteiger partial charge in [0.15, 0.2) is 0 Å². The van der Waals surface area contributed by atoms with E-state index in [0.29, 0.717) is 28.4 Å². The van der Waals surface area contributed by atoms with E-state index in [2.05, 4.69) is 14.7 Å². The molecule has 0 aliphatic rings. The number of hydrogen-bond donors (Lipinski definition) is 2. The zero-order valence-electron chi connectivity index (χ0n) is 23.0. The van der Waals surface area contributed by atoms with Crippen LogP contribution >= 0.6 is 0 Å². The average molecular weight is 612 g/mol. The van der Waals surface area contributed by atoms with Crippen LogP contribution in [0.1, 0.15) is 0 Å². The molecule has 0 bridgehead atoms. The lowest BCUT2D eigenvalue weighted by atomic mass is 10.0. The molecule has 0 atom stereocenters. The first-order valence-corrected chi connectivity index (χ1v) is 14.6. The molecule has 0 radical (unpaired) electrons. The van der Waals surface area contributed by atoms with Crippen molar-refractivity contribution < 1.29 is 21.9 Å². The molecule has 2 heterocycles. The lowest BCUT2D eigenvalue weighted by Gasteiger charge is -2.14. The molecule has 3 N–H and O–H groups in total. The molecule has 6 rings (SSSR count). The van der Waals surface area contributed by atoms with Crippen LogP contribution in [0.5, 0.6) is 5.88 Å². The Hall–Kier alpha value is -5.62. The zero-order valence-corrected chi connectivity index (χ0v) is 23.8. The van der Waals surface area contributed by atoms with Crippen LogP contribution in [0.4, 0.5) is 20.4 Å². The molecule has 0 saturated heterocycles. The number of pyridine rings is 1. The smallest absolute Gasteiger partial charge is 0.267 e. The number of aromatic nitrogens is 3. The van der Waals surface area contributed by atoms with Crippen molar-refractivity contribution in [3.63, 3.8) is 0 Å². The van der Waals surface area contributed by atoms with E-state index in [1.165, 1.54) is 23.9 Å². The van der Waals surface area contributed by atoms with Gasteiger partial charge >= 0.3 is 0 Å². The van der Waals surface area contributed by atoms with Crippen LogP contribution in [0.2, 0.25) is 0 Å². The Morgan fingerprint density at radius 2 is 1.59 bits per heavy atom. The molecule has 0 aliphatic carbocycles. The van der Waals surface area contributed by atoms with Gasteiger partial charge in [0.1, 0.15) is 22.2 Å². The fraction of sp³-hybridized carbons (Fsp3) is 0.0312. The first-order valence-electron chi connectivity index (χ1n) is 13.1. The summed E-state index contributed by atoms with van der Waals surface area (Å²) in [7, 11) is -3.20. The van der Waals surface area contributed by atoms with E-state index >= 15 is 0 Å². The molecule has 220 valence electrons. The van der Waals surface area contributed by atoms with Crippen molar-refractivity contribution in [2.75, 3.05) is 17.6 Å². The van der Waals surface area contributed by atoms with Gasteiger partial charge in [0.05, 0.1) is 23.7 Å². The van der Waals surface area contributed by atoms with Crippen LogP contribution in [0.15, 0.2) is 113 Å². The zero-order chi connectivity index (χ0) is 31.0. The van der Waals surface area contributed by atoms with Gasteiger partial charge in [0, 0.05) is 17.8 Å². The monoisotopic (exact) mass is 611 g/mol. The number of methoxy groups -OCH3 is 1. The minimum atomic E-state index is -4.49. The predicted molar refractivity (Wildman–Crippen MR) is 164 cm³/mol. The van der Waals surface area contributed by atoms with Crippen molar-refractivity contribution in [1.82, 2.24) is 14.5 Å². The Morgan fingerprint density at radius 3 is 2.34 bits per heavy atom. The normalized spacial score (nSPS) is 11.4. The number of nitrogens with one attached hydrogen (secondary N) is 1. The van der Waals surface area contributed by atoms with Gasteiger partial charge < -0.3 is 10.5 Å². The first-order chi connectivity index (χ1) is 21.1. The Labute approximate surface area is 250 Å². The first kappa shape index (κ1) is 28.5. The summed E-state index contributed by atoms with van der Waals surface area (Å²) in [5.74, 6) is -2.25. The summed E-state index contributed by atoms with van der Waals surface area (Å²) in [5.41, 5.74) is 9.42. The molecule has 0 unspecified atom stereocenters. The Kier molecular flexibility index (Phi) is 7.27. The summed E-state index contributed by atoms with van der Waals surface area (Å²) in [4.78, 5) is 21.7. The Balaban J connectivity index is 1.42. The van der Waals surface area contributed by atoms with Gasteiger partial charge in [0.25, 0.3) is 15.6 Å². The van der Waals surface area contributed by atoms with E-state index in [1.807, 2.05) is 48.5 Å². The topological polar surface area (TPSA) is 129 Å². The number of nitrogen functional groups attached to an aromatic ring is 1. The summed E-state index contributed by atoms with van der Waals surface area (Å²) in [5, 5.41) is 0.258. The quantitative estimate of drug-likeness (QED) is 0.234. The van der Waals surface area contributed by atoms with Gasteiger partial charge in [0.2, 0.25) is 11.8 Å². The Morgan fingerprint density at radius 1 is 0.841 bits per heavy atom. The van der Waals surface area contributed by atoms with Gasteiger partial charge in [-0.2, -0.15) is 0 Å². The van der Waals surface area contributed by atoms with Crippen molar-refractivity contribution in [2.24, 2.45) is 0 Å². The fourth-order valence-electron chi connectivity index (χ4n) is 4.83. The second kappa shape index (κ2) is 11.2. The lowest BCUT2D eigenvalue weighted by Crippen LogP contribution is -2.23. The van der Waals surface area contributed by atoms with Crippen LogP contribution in [0.25, 0.3) is 38.8 Å². The average Bonchev–Trinajstić information content (AvgIpc) is 3.01. The van der Waals surface area contributed by atoms with Crippen molar-refractivity contribution in [2.45, 2.75) is 4.90 Å². The van der Waals surface area contributed by atoms with Gasteiger partial charge in [-0.25, -0.2) is 31.7 Å². The molecule has 12 heteroatoms. The molecular weight excluding hydrogens is 588 g/mol. The largest absolute Gasteiger partial charge is 0.480 e. The highest BCUT2D eigenvalue weighted by atomic mass is 32.2. The molecule has 0 saturated carbocycles. The number of fused-ring (bicyclic) bond motifs is 1. The van der Waals surface area contributed by atoms with Crippen LogP contribution in [0, 0.1) is 11.6 Å². The summed E-state index contributed by atoms with van der Waals surface area (Å²) in [6, 6.07) is 25.5. The van der Waals surface area contributed by atoms with E-state index in [9.17, 15) is 22.0 Å². The maximum atomic E-state index is 14.3. The van der Waals surface area contributed by atoms with Crippen LogP contribution in [-0.4, -0.2) is 30.1 Å². The minimum Gasteiger partial charge on any atom is -0.480 e. The standard InChI is InChI=1S/C32H23F2N5O4S/c1-43-30-28(38-44(41,42)29-13-11-23(33)17-26(29)34)16-22(18-36-30)21-10-12-27-25(15-21)31(40)39(32(35)37-27)24-9-5-8-20(14-24)19-6-3-2-4-7-19/h2-18,38H,1H3,(H2,35,37). The van der Waals surface area contributed by atoms with Crippen molar-refractivity contribution in [3.05, 3.63) is 125 Å². The van der Waals surface area contributed by atoms with Gasteiger partial charge in [-0.05, 0) is 59.2 Å². The third-order valence-electron chi connectivity index (χ3n) is 6.91. The van der Waals surface area contributed by atoms with Gasteiger partial charge in [-0.3, -0.25) is 9.52 Å². The predicted octanol–water partition coefficient (Wildman–Crippen LogP) is 5.78.